The minimum absolute atomic E-state index is 0.365. The standard InChI is InChI=1S/C9H9BrCl2N2O/c10-7-8(11)13-6(14-9(7)12)3-5-1-2-15-4-5/h5H,1-4H2. The first kappa shape index (κ1) is 11.6. The lowest BCUT2D eigenvalue weighted by Gasteiger charge is -2.07. The fourth-order valence-electron chi connectivity index (χ4n) is 1.53. The van der Waals surface area contributed by atoms with Crippen molar-refractivity contribution in [1.29, 1.82) is 0 Å². The van der Waals surface area contributed by atoms with Crippen LogP contribution in [0.5, 0.6) is 0 Å². The van der Waals surface area contributed by atoms with E-state index in [1.807, 2.05) is 0 Å². The number of ether oxygens (including phenoxy) is 1. The molecule has 0 spiro atoms. The molecule has 6 heteroatoms. The van der Waals surface area contributed by atoms with Crippen LogP contribution >= 0.6 is 39.1 Å². The van der Waals surface area contributed by atoms with Crippen LogP contribution in [0.1, 0.15) is 12.2 Å². The zero-order valence-corrected chi connectivity index (χ0v) is 10.9. The van der Waals surface area contributed by atoms with E-state index in [4.69, 9.17) is 27.9 Å². The molecule has 0 bridgehead atoms. The van der Waals surface area contributed by atoms with Gasteiger partial charge in [-0.1, -0.05) is 23.2 Å². The van der Waals surface area contributed by atoms with Crippen LogP contribution in [0.2, 0.25) is 10.3 Å². The molecular formula is C9H9BrCl2N2O. The Morgan fingerprint density at radius 2 is 2.00 bits per heavy atom. The maximum atomic E-state index is 5.89. The minimum atomic E-state index is 0.365. The van der Waals surface area contributed by atoms with Crippen LogP contribution in [0.25, 0.3) is 0 Å². The Hall–Kier alpha value is 0.1000. The third-order valence-corrected chi connectivity index (χ3v) is 4.07. The molecule has 0 aliphatic carbocycles. The van der Waals surface area contributed by atoms with Gasteiger partial charge in [-0.25, -0.2) is 9.97 Å². The molecule has 3 nitrogen and oxygen atoms in total. The molecule has 0 saturated carbocycles. The third kappa shape index (κ3) is 2.81. The number of hydrogen-bond acceptors (Lipinski definition) is 3. The average Bonchev–Trinajstić information content (AvgIpc) is 2.66. The fourth-order valence-corrected chi connectivity index (χ4v) is 2.13. The molecular weight excluding hydrogens is 303 g/mol. The molecule has 15 heavy (non-hydrogen) atoms. The smallest absolute Gasteiger partial charge is 0.148 e. The minimum Gasteiger partial charge on any atom is -0.381 e. The summed E-state index contributed by atoms with van der Waals surface area (Å²) in [5.41, 5.74) is 0. The molecule has 1 saturated heterocycles. The van der Waals surface area contributed by atoms with E-state index in [-0.39, 0.29) is 0 Å². The van der Waals surface area contributed by atoms with Gasteiger partial charge in [0.15, 0.2) is 0 Å². The van der Waals surface area contributed by atoms with E-state index in [0.717, 1.165) is 26.1 Å². The first-order valence-electron chi connectivity index (χ1n) is 4.62. The molecule has 1 aromatic rings. The van der Waals surface area contributed by atoms with Gasteiger partial charge in [-0.2, -0.15) is 0 Å². The van der Waals surface area contributed by atoms with Crippen molar-refractivity contribution in [3.8, 4) is 0 Å². The molecule has 1 unspecified atom stereocenters. The van der Waals surface area contributed by atoms with Crippen molar-refractivity contribution in [1.82, 2.24) is 9.97 Å². The molecule has 0 radical (unpaired) electrons. The molecule has 82 valence electrons. The second kappa shape index (κ2) is 4.95. The van der Waals surface area contributed by atoms with Gasteiger partial charge in [-0.3, -0.25) is 0 Å². The largest absolute Gasteiger partial charge is 0.381 e. The van der Waals surface area contributed by atoms with Crippen molar-refractivity contribution in [2.45, 2.75) is 12.8 Å². The molecule has 1 aromatic heterocycles. The van der Waals surface area contributed by atoms with E-state index in [2.05, 4.69) is 25.9 Å². The Morgan fingerprint density at radius 1 is 1.33 bits per heavy atom. The highest BCUT2D eigenvalue weighted by atomic mass is 79.9. The van der Waals surface area contributed by atoms with Crippen LogP contribution in [-0.4, -0.2) is 23.2 Å². The first-order valence-corrected chi connectivity index (χ1v) is 6.17. The fraction of sp³-hybridized carbons (Fsp3) is 0.556. The third-order valence-electron chi connectivity index (χ3n) is 2.31. The Morgan fingerprint density at radius 3 is 2.53 bits per heavy atom. The van der Waals surface area contributed by atoms with Crippen LogP contribution in [0.3, 0.4) is 0 Å². The molecule has 1 atom stereocenters. The molecule has 0 N–H and O–H groups in total. The van der Waals surface area contributed by atoms with Crippen LogP contribution in [0.15, 0.2) is 4.47 Å². The monoisotopic (exact) mass is 310 g/mol. The summed E-state index contributed by atoms with van der Waals surface area (Å²) in [6.45, 7) is 1.59. The van der Waals surface area contributed by atoms with Gasteiger partial charge in [0, 0.05) is 19.6 Å². The maximum Gasteiger partial charge on any atom is 0.148 e. The van der Waals surface area contributed by atoms with Gasteiger partial charge in [-0.05, 0) is 28.3 Å². The Balaban J connectivity index is 2.14. The van der Waals surface area contributed by atoms with E-state index in [0.29, 0.717) is 26.5 Å². The van der Waals surface area contributed by atoms with E-state index in [9.17, 15) is 0 Å². The normalized spacial score (nSPS) is 20.9. The van der Waals surface area contributed by atoms with Crippen LogP contribution < -0.4 is 0 Å². The van der Waals surface area contributed by atoms with Crippen LogP contribution in [0.4, 0.5) is 0 Å². The predicted octanol–water partition coefficient (Wildman–Crippen LogP) is 3.12. The second-order valence-electron chi connectivity index (χ2n) is 3.47. The predicted molar refractivity (Wildman–Crippen MR) is 62.4 cm³/mol. The zero-order chi connectivity index (χ0) is 10.8. The van der Waals surface area contributed by atoms with Gasteiger partial charge in [-0.15, -0.1) is 0 Å². The Kier molecular flexibility index (Phi) is 3.83. The van der Waals surface area contributed by atoms with Gasteiger partial charge in [0.2, 0.25) is 0 Å². The summed E-state index contributed by atoms with van der Waals surface area (Å²) in [6, 6.07) is 0. The number of hydrogen-bond donors (Lipinski definition) is 0. The van der Waals surface area contributed by atoms with Crippen molar-refractivity contribution in [3.63, 3.8) is 0 Å². The number of halogens is 3. The molecule has 2 rings (SSSR count). The molecule has 0 amide bonds. The lowest BCUT2D eigenvalue weighted by atomic mass is 10.1. The quantitative estimate of drug-likeness (QED) is 0.787. The lowest BCUT2D eigenvalue weighted by Crippen LogP contribution is -2.07. The summed E-state index contributed by atoms with van der Waals surface area (Å²) in [6.07, 6.45) is 1.82. The van der Waals surface area contributed by atoms with Gasteiger partial charge < -0.3 is 4.74 Å². The molecule has 1 aliphatic heterocycles. The van der Waals surface area contributed by atoms with Gasteiger partial charge in [0.25, 0.3) is 0 Å². The van der Waals surface area contributed by atoms with Crippen molar-refractivity contribution in [3.05, 3.63) is 20.6 Å². The van der Waals surface area contributed by atoms with E-state index in [1.165, 1.54) is 0 Å². The van der Waals surface area contributed by atoms with E-state index < -0.39 is 0 Å². The summed E-state index contributed by atoms with van der Waals surface area (Å²) in [7, 11) is 0. The SMILES string of the molecule is Clc1nc(CC2CCOC2)nc(Cl)c1Br. The first-order chi connectivity index (χ1) is 7.16. The van der Waals surface area contributed by atoms with Crippen LogP contribution in [0, 0.1) is 5.92 Å². The average molecular weight is 312 g/mol. The number of aromatic nitrogens is 2. The van der Waals surface area contributed by atoms with Crippen molar-refractivity contribution >= 4 is 39.1 Å². The Labute approximate surface area is 106 Å². The summed E-state index contributed by atoms with van der Waals surface area (Å²) in [5.74, 6) is 1.17. The Bertz CT molecular complexity index is 346. The highest BCUT2D eigenvalue weighted by molar-refractivity contribution is 9.10. The van der Waals surface area contributed by atoms with E-state index >= 15 is 0 Å². The van der Waals surface area contributed by atoms with E-state index in [1.54, 1.807) is 0 Å². The topological polar surface area (TPSA) is 35.0 Å². The summed E-state index contributed by atoms with van der Waals surface area (Å²) in [5, 5.41) is 0.729. The van der Waals surface area contributed by atoms with Crippen LogP contribution in [-0.2, 0) is 11.2 Å². The van der Waals surface area contributed by atoms with Crippen molar-refractivity contribution in [2.75, 3.05) is 13.2 Å². The second-order valence-corrected chi connectivity index (χ2v) is 4.98. The highest BCUT2D eigenvalue weighted by Gasteiger charge is 2.18. The molecule has 1 fully saturated rings. The van der Waals surface area contributed by atoms with Crippen molar-refractivity contribution < 1.29 is 4.74 Å². The number of rotatable bonds is 2. The summed E-state index contributed by atoms with van der Waals surface area (Å²) >= 11 is 15.0. The highest BCUT2D eigenvalue weighted by Crippen LogP contribution is 2.28. The lowest BCUT2D eigenvalue weighted by molar-refractivity contribution is 0.185. The van der Waals surface area contributed by atoms with Gasteiger partial charge >= 0.3 is 0 Å². The maximum absolute atomic E-state index is 5.89. The van der Waals surface area contributed by atoms with Gasteiger partial charge in [0.1, 0.15) is 16.1 Å². The zero-order valence-electron chi connectivity index (χ0n) is 7.84. The molecule has 2 heterocycles. The molecule has 0 aromatic carbocycles. The van der Waals surface area contributed by atoms with Crippen molar-refractivity contribution in [2.24, 2.45) is 5.92 Å². The molecule has 1 aliphatic rings. The van der Waals surface area contributed by atoms with Gasteiger partial charge in [0.05, 0.1) is 4.47 Å². The number of nitrogens with zero attached hydrogens (tertiary/aromatic N) is 2. The summed E-state index contributed by atoms with van der Waals surface area (Å²) < 4.78 is 5.84. The summed E-state index contributed by atoms with van der Waals surface area (Å²) in [4.78, 5) is 8.33.